The molecule has 1 saturated heterocycles. The van der Waals surface area contributed by atoms with Gasteiger partial charge in [-0.3, -0.25) is 9.59 Å². The number of aliphatic hydroxyl groups is 1. The Morgan fingerprint density at radius 3 is 2.30 bits per heavy atom. The second-order valence-corrected chi connectivity index (χ2v) is 16.6. The zero-order valence-electron chi connectivity index (χ0n) is 25.8. The van der Waals surface area contributed by atoms with Crippen LogP contribution in [0.15, 0.2) is 11.6 Å². The van der Waals surface area contributed by atoms with Gasteiger partial charge in [0.05, 0.1) is 12.7 Å². The number of carbonyl (C=O) groups excluding carboxylic acids is 3. The van der Waals surface area contributed by atoms with Crippen LogP contribution in [0.3, 0.4) is 0 Å². The van der Waals surface area contributed by atoms with E-state index in [0.717, 1.165) is 51.4 Å². The highest BCUT2D eigenvalue weighted by Crippen LogP contribution is 2.75. The van der Waals surface area contributed by atoms with Crippen LogP contribution in [0.4, 0.5) is 0 Å². The summed E-state index contributed by atoms with van der Waals surface area (Å²) >= 11 is 0. The number of rotatable bonds is 2. The first-order chi connectivity index (χ1) is 18.5. The molecule has 6 heteroatoms. The number of esters is 1. The molecule has 0 spiro atoms. The fourth-order valence-electron chi connectivity index (χ4n) is 11.3. The molecule has 2 N–H and O–H groups in total. The minimum Gasteiger partial charge on any atom is -0.464 e. The molecular formula is C34H51NO5. The highest BCUT2D eigenvalue weighted by atomic mass is 16.5. The summed E-state index contributed by atoms with van der Waals surface area (Å²) in [4.78, 5) is 40.2. The maximum Gasteiger partial charge on any atom is 0.328 e. The van der Waals surface area contributed by atoms with E-state index in [4.69, 9.17) is 4.74 Å². The highest BCUT2D eigenvalue weighted by Gasteiger charge is 2.70. The van der Waals surface area contributed by atoms with E-state index in [1.54, 1.807) is 0 Å². The van der Waals surface area contributed by atoms with Gasteiger partial charge in [-0.1, -0.05) is 54.0 Å². The second kappa shape index (κ2) is 8.67. The Morgan fingerprint density at radius 1 is 0.925 bits per heavy atom. The Labute approximate surface area is 240 Å². The van der Waals surface area contributed by atoms with Crippen molar-refractivity contribution in [2.75, 3.05) is 6.61 Å². The predicted molar refractivity (Wildman–Crippen MR) is 153 cm³/mol. The molecule has 1 heterocycles. The van der Waals surface area contributed by atoms with E-state index >= 15 is 0 Å². The third kappa shape index (κ3) is 3.59. The summed E-state index contributed by atoms with van der Waals surface area (Å²) in [6, 6.07) is -0.543. The molecule has 0 aromatic heterocycles. The number of carbonyl (C=O) groups is 3. The topological polar surface area (TPSA) is 92.7 Å². The van der Waals surface area contributed by atoms with Crippen molar-refractivity contribution in [2.45, 2.75) is 125 Å². The largest absolute Gasteiger partial charge is 0.464 e. The number of aliphatic hydroxyl groups excluding tert-OH is 1. The van der Waals surface area contributed by atoms with Gasteiger partial charge in [0.25, 0.3) is 0 Å². The Kier molecular flexibility index (Phi) is 6.16. The summed E-state index contributed by atoms with van der Waals surface area (Å²) in [7, 11) is 0. The molecule has 1 amide bonds. The van der Waals surface area contributed by atoms with E-state index in [-0.39, 0.29) is 62.7 Å². The zero-order chi connectivity index (χ0) is 29.1. The summed E-state index contributed by atoms with van der Waals surface area (Å²) in [6.45, 7) is 16.4. The molecule has 6 aliphatic rings. The molecule has 0 bridgehead atoms. The van der Waals surface area contributed by atoms with Crippen molar-refractivity contribution >= 4 is 17.7 Å². The number of fused-ring (bicyclic) bond motifs is 7. The molecule has 40 heavy (non-hydrogen) atoms. The molecule has 0 aromatic rings. The number of ether oxygens (including phenoxy) is 1. The van der Waals surface area contributed by atoms with Crippen LogP contribution < -0.4 is 5.32 Å². The lowest BCUT2D eigenvalue weighted by Crippen LogP contribution is -2.66. The maximum absolute atomic E-state index is 14.5. The van der Waals surface area contributed by atoms with Gasteiger partial charge in [0, 0.05) is 17.8 Å². The monoisotopic (exact) mass is 553 g/mol. The first-order valence-electron chi connectivity index (χ1n) is 15.9. The first kappa shape index (κ1) is 28.4. The molecule has 6 nitrogen and oxygen atoms in total. The smallest absolute Gasteiger partial charge is 0.328 e. The Bertz CT molecular complexity index is 1170. The highest BCUT2D eigenvalue weighted by molar-refractivity contribution is 5.96. The van der Waals surface area contributed by atoms with Gasteiger partial charge in [-0.25, -0.2) is 4.79 Å². The van der Waals surface area contributed by atoms with Gasteiger partial charge >= 0.3 is 5.97 Å². The van der Waals surface area contributed by atoms with Crippen molar-refractivity contribution in [1.29, 1.82) is 0 Å². The Morgan fingerprint density at radius 2 is 1.62 bits per heavy atom. The molecule has 10 atom stereocenters. The molecule has 0 aromatic carbocycles. The van der Waals surface area contributed by atoms with Crippen LogP contribution in [0.2, 0.25) is 0 Å². The third-order valence-corrected chi connectivity index (χ3v) is 14.3. The Balaban J connectivity index is 1.36. The minimum atomic E-state index is -0.583. The molecule has 5 aliphatic carbocycles. The molecule has 5 fully saturated rings. The van der Waals surface area contributed by atoms with Gasteiger partial charge in [-0.2, -0.15) is 0 Å². The van der Waals surface area contributed by atoms with Crippen molar-refractivity contribution in [3.63, 3.8) is 0 Å². The van der Waals surface area contributed by atoms with Gasteiger partial charge in [0.2, 0.25) is 5.91 Å². The molecule has 4 saturated carbocycles. The first-order valence-corrected chi connectivity index (χ1v) is 15.9. The van der Waals surface area contributed by atoms with Gasteiger partial charge in [-0.15, -0.1) is 0 Å². The fourth-order valence-corrected chi connectivity index (χ4v) is 11.3. The number of nitrogens with one attached hydrogen (secondary N) is 1. The predicted octanol–water partition coefficient (Wildman–Crippen LogP) is 5.76. The van der Waals surface area contributed by atoms with Gasteiger partial charge in [-0.05, 0) is 103 Å². The number of ketones is 1. The van der Waals surface area contributed by atoms with E-state index < -0.39 is 11.5 Å². The summed E-state index contributed by atoms with van der Waals surface area (Å²) in [5.74, 6) is 0.350. The van der Waals surface area contributed by atoms with Crippen LogP contribution in [0.25, 0.3) is 0 Å². The van der Waals surface area contributed by atoms with Gasteiger partial charge in [0.15, 0.2) is 5.78 Å². The van der Waals surface area contributed by atoms with Crippen LogP contribution >= 0.6 is 0 Å². The molecule has 1 aliphatic heterocycles. The standard InChI is InChI=1S/C34H51NO5/c1-29(2)24-8-12-34(7)26(32(24,5)11-9-25(29)37)23(36)18-20-21-19-31(4,28(39)35-22-10-17-40-27(22)38)14-13-30(21,3)15-16-33(20,34)6/h18,21-22,24-26,37H,8-17,19H2,1-7H3,(H,35,39)/t21-,22?,24?,25-,26?,30+,31-,32-,33+,34+/m0/s1. The van der Waals surface area contributed by atoms with Crippen LogP contribution in [0.1, 0.15) is 113 Å². The van der Waals surface area contributed by atoms with Gasteiger partial charge in [0.1, 0.15) is 6.04 Å². The van der Waals surface area contributed by atoms with Crippen molar-refractivity contribution in [2.24, 2.45) is 50.2 Å². The minimum absolute atomic E-state index is 0.0460. The summed E-state index contributed by atoms with van der Waals surface area (Å²) < 4.78 is 5.10. The van der Waals surface area contributed by atoms with Crippen molar-refractivity contribution < 1.29 is 24.2 Å². The zero-order valence-corrected chi connectivity index (χ0v) is 25.8. The quantitative estimate of drug-likeness (QED) is 0.424. The number of hydrogen-bond donors (Lipinski definition) is 2. The molecule has 222 valence electrons. The van der Waals surface area contributed by atoms with Crippen LogP contribution in [0.5, 0.6) is 0 Å². The van der Waals surface area contributed by atoms with Crippen molar-refractivity contribution in [3.8, 4) is 0 Å². The second-order valence-electron chi connectivity index (χ2n) is 16.6. The summed E-state index contributed by atoms with van der Waals surface area (Å²) in [5, 5.41) is 14.0. The molecule has 6 rings (SSSR count). The van der Waals surface area contributed by atoms with E-state index in [9.17, 15) is 19.5 Å². The molecule has 3 unspecified atom stereocenters. The lowest BCUT2D eigenvalue weighted by Gasteiger charge is -2.70. The van der Waals surface area contributed by atoms with Gasteiger partial charge < -0.3 is 15.2 Å². The normalized spacial score (nSPS) is 51.4. The number of allylic oxidation sites excluding steroid dienone is 2. The molecule has 0 radical (unpaired) electrons. The van der Waals surface area contributed by atoms with Crippen molar-refractivity contribution in [3.05, 3.63) is 11.6 Å². The third-order valence-electron chi connectivity index (χ3n) is 14.3. The lowest BCUT2D eigenvalue weighted by atomic mass is 9.33. The van der Waals surface area contributed by atoms with E-state index in [1.165, 1.54) is 5.57 Å². The van der Waals surface area contributed by atoms with E-state index in [0.29, 0.717) is 25.4 Å². The van der Waals surface area contributed by atoms with Crippen LogP contribution in [-0.2, 0) is 19.1 Å². The number of cyclic esters (lactones) is 1. The average molecular weight is 554 g/mol. The lowest BCUT2D eigenvalue weighted by molar-refractivity contribution is -0.202. The van der Waals surface area contributed by atoms with Crippen molar-refractivity contribution in [1.82, 2.24) is 5.32 Å². The summed E-state index contributed by atoms with van der Waals surface area (Å²) in [6.07, 6.45) is 10.6. The van der Waals surface area contributed by atoms with Crippen LogP contribution in [-0.4, -0.2) is 41.5 Å². The Hall–Kier alpha value is -1.69. The molecular weight excluding hydrogens is 502 g/mol. The van der Waals surface area contributed by atoms with Crippen LogP contribution in [0, 0.1) is 50.2 Å². The average Bonchev–Trinajstić information content (AvgIpc) is 3.28. The maximum atomic E-state index is 14.5. The van der Waals surface area contributed by atoms with E-state index in [2.05, 4.69) is 59.9 Å². The fraction of sp³-hybridized carbons (Fsp3) is 0.853. The SMILES string of the molecule is CC1(C)C2CC[C@]3(C)C(C(=O)C=C4[C@@H]5C[C@@](C)(C(=O)NC6CCOC6=O)CC[C@]5(C)CC[C@]43C)[C@@]2(C)CC[C@@H]1O. The number of amides is 1. The number of hydrogen-bond acceptors (Lipinski definition) is 5. The van der Waals surface area contributed by atoms with E-state index in [1.807, 2.05) is 0 Å². The summed E-state index contributed by atoms with van der Waals surface area (Å²) in [5.41, 5.74) is 0.196.